The number of nitrogens with zero attached hydrogens (tertiary/aromatic N) is 3. The van der Waals surface area contributed by atoms with Crippen LogP contribution in [0.1, 0.15) is 24.4 Å². The lowest BCUT2D eigenvalue weighted by molar-refractivity contribution is -0.122. The van der Waals surface area contributed by atoms with E-state index in [1.807, 2.05) is 11.0 Å². The number of oxazole rings is 1. The maximum atomic E-state index is 11.3. The van der Waals surface area contributed by atoms with Gasteiger partial charge in [-0.25, -0.2) is 0 Å². The quantitative estimate of drug-likeness (QED) is 0.834. The SMILES string of the molecule is N#Cc1nc(COc2ccc(Cl)cc2Cl)oc1N1CCC(C(N)=O)CC1. The smallest absolute Gasteiger partial charge is 0.236 e. The number of ether oxygens (including phenoxy) is 1. The summed E-state index contributed by atoms with van der Waals surface area (Å²) in [6.07, 6.45) is 1.24. The Morgan fingerprint density at radius 2 is 2.15 bits per heavy atom. The average Bonchev–Trinajstić information content (AvgIpc) is 3.04. The molecule has 7 nitrogen and oxygen atoms in total. The van der Waals surface area contributed by atoms with Crippen LogP contribution in [0.25, 0.3) is 0 Å². The molecule has 0 saturated carbocycles. The van der Waals surface area contributed by atoms with Crippen molar-refractivity contribution in [2.45, 2.75) is 19.4 Å². The van der Waals surface area contributed by atoms with Crippen molar-refractivity contribution in [1.82, 2.24) is 4.98 Å². The molecular formula is C17H16Cl2N4O3. The normalized spacial score (nSPS) is 14.9. The van der Waals surface area contributed by atoms with Gasteiger partial charge in [0.15, 0.2) is 6.61 Å². The number of benzene rings is 1. The molecule has 1 aliphatic rings. The Labute approximate surface area is 160 Å². The van der Waals surface area contributed by atoms with Gasteiger partial charge in [-0.05, 0) is 31.0 Å². The minimum absolute atomic E-state index is 0.0216. The second-order valence-electron chi connectivity index (χ2n) is 5.90. The molecule has 0 spiro atoms. The Kier molecular flexibility index (Phi) is 5.55. The van der Waals surface area contributed by atoms with E-state index in [0.717, 1.165) is 0 Å². The van der Waals surface area contributed by atoms with E-state index in [9.17, 15) is 10.1 Å². The molecule has 26 heavy (non-hydrogen) atoms. The van der Waals surface area contributed by atoms with Crippen molar-refractivity contribution >= 4 is 35.0 Å². The Balaban J connectivity index is 1.69. The van der Waals surface area contributed by atoms with Gasteiger partial charge in [-0.2, -0.15) is 10.2 Å². The standard InChI is InChI=1S/C17H16Cl2N4O3/c18-11-1-2-14(12(19)7-11)25-9-15-22-13(8-20)17(26-15)23-5-3-10(4-6-23)16(21)24/h1-2,7,10H,3-6,9H2,(H2,21,24). The van der Waals surface area contributed by atoms with Crippen LogP contribution in [0.2, 0.25) is 10.0 Å². The predicted molar refractivity (Wildman–Crippen MR) is 96.1 cm³/mol. The lowest BCUT2D eigenvalue weighted by Gasteiger charge is -2.30. The van der Waals surface area contributed by atoms with Crippen molar-refractivity contribution in [2.75, 3.05) is 18.0 Å². The summed E-state index contributed by atoms with van der Waals surface area (Å²) in [6.45, 7) is 1.16. The molecule has 1 aromatic heterocycles. The summed E-state index contributed by atoms with van der Waals surface area (Å²) in [7, 11) is 0. The van der Waals surface area contributed by atoms with Gasteiger partial charge in [-0.3, -0.25) is 4.79 Å². The third kappa shape index (κ3) is 4.03. The first kappa shape index (κ1) is 18.4. The zero-order valence-corrected chi connectivity index (χ0v) is 15.3. The fourth-order valence-electron chi connectivity index (χ4n) is 2.80. The molecule has 0 radical (unpaired) electrons. The predicted octanol–water partition coefficient (Wildman–Crippen LogP) is 3.13. The van der Waals surface area contributed by atoms with E-state index in [2.05, 4.69) is 4.98 Å². The van der Waals surface area contributed by atoms with Crippen LogP contribution in [-0.4, -0.2) is 24.0 Å². The van der Waals surface area contributed by atoms with Gasteiger partial charge in [0, 0.05) is 24.0 Å². The number of halogens is 2. The van der Waals surface area contributed by atoms with Crippen LogP contribution in [0.5, 0.6) is 5.75 Å². The summed E-state index contributed by atoms with van der Waals surface area (Å²) in [4.78, 5) is 17.3. The molecule has 2 heterocycles. The average molecular weight is 395 g/mol. The molecule has 2 N–H and O–H groups in total. The fraction of sp³-hybridized carbons (Fsp3) is 0.353. The van der Waals surface area contributed by atoms with Gasteiger partial charge >= 0.3 is 0 Å². The largest absolute Gasteiger partial charge is 0.482 e. The van der Waals surface area contributed by atoms with Gasteiger partial charge in [0.1, 0.15) is 11.8 Å². The summed E-state index contributed by atoms with van der Waals surface area (Å²) in [5.41, 5.74) is 5.53. The van der Waals surface area contributed by atoms with Crippen LogP contribution in [0, 0.1) is 17.2 Å². The number of aromatic nitrogens is 1. The number of hydrogen-bond donors (Lipinski definition) is 1. The number of carbonyl (C=O) groups is 1. The van der Waals surface area contributed by atoms with Crippen molar-refractivity contribution in [3.8, 4) is 11.8 Å². The van der Waals surface area contributed by atoms with E-state index >= 15 is 0 Å². The summed E-state index contributed by atoms with van der Waals surface area (Å²) < 4.78 is 11.3. The van der Waals surface area contributed by atoms with Crippen molar-refractivity contribution in [2.24, 2.45) is 11.7 Å². The molecule has 1 fully saturated rings. The van der Waals surface area contributed by atoms with E-state index in [1.165, 1.54) is 0 Å². The van der Waals surface area contributed by atoms with Gasteiger partial charge in [-0.15, -0.1) is 0 Å². The molecule has 3 rings (SSSR count). The number of piperidine rings is 1. The number of nitrogens with two attached hydrogens (primary N) is 1. The highest BCUT2D eigenvalue weighted by molar-refractivity contribution is 6.35. The summed E-state index contributed by atoms with van der Waals surface area (Å²) in [5.74, 6) is 0.652. The number of nitriles is 1. The van der Waals surface area contributed by atoms with Crippen LogP contribution >= 0.6 is 23.2 Å². The van der Waals surface area contributed by atoms with Crippen molar-refractivity contribution in [3.63, 3.8) is 0 Å². The Morgan fingerprint density at radius 3 is 2.77 bits per heavy atom. The number of rotatable bonds is 5. The highest BCUT2D eigenvalue weighted by Crippen LogP contribution is 2.30. The zero-order valence-electron chi connectivity index (χ0n) is 13.7. The highest BCUT2D eigenvalue weighted by atomic mass is 35.5. The third-order valence-corrected chi connectivity index (χ3v) is 4.72. The van der Waals surface area contributed by atoms with Gasteiger partial charge in [0.25, 0.3) is 0 Å². The molecule has 136 valence electrons. The van der Waals surface area contributed by atoms with Crippen molar-refractivity contribution in [3.05, 3.63) is 39.8 Å². The van der Waals surface area contributed by atoms with Gasteiger partial charge in [0.05, 0.1) is 5.02 Å². The van der Waals surface area contributed by atoms with E-state index in [1.54, 1.807) is 18.2 Å². The third-order valence-electron chi connectivity index (χ3n) is 4.19. The molecule has 0 atom stereocenters. The Bertz CT molecular complexity index is 854. The minimum Gasteiger partial charge on any atom is -0.482 e. The number of primary amides is 1. The van der Waals surface area contributed by atoms with E-state index < -0.39 is 0 Å². The number of hydrogen-bond acceptors (Lipinski definition) is 6. The first-order valence-corrected chi connectivity index (χ1v) is 8.75. The summed E-state index contributed by atoms with van der Waals surface area (Å²) in [6, 6.07) is 6.91. The van der Waals surface area contributed by atoms with Crippen LogP contribution in [0.4, 0.5) is 5.88 Å². The summed E-state index contributed by atoms with van der Waals surface area (Å²) >= 11 is 11.9. The molecular weight excluding hydrogens is 379 g/mol. The molecule has 0 unspecified atom stereocenters. The highest BCUT2D eigenvalue weighted by Gasteiger charge is 2.27. The van der Waals surface area contributed by atoms with E-state index in [4.69, 9.17) is 38.1 Å². The Morgan fingerprint density at radius 1 is 1.42 bits per heavy atom. The lowest BCUT2D eigenvalue weighted by Crippen LogP contribution is -2.38. The van der Waals surface area contributed by atoms with Gasteiger partial charge in [0.2, 0.25) is 23.4 Å². The van der Waals surface area contributed by atoms with Crippen molar-refractivity contribution < 1.29 is 13.9 Å². The number of carbonyl (C=O) groups excluding carboxylic acids is 1. The van der Waals surface area contributed by atoms with E-state index in [0.29, 0.717) is 47.6 Å². The zero-order chi connectivity index (χ0) is 18.7. The molecule has 1 saturated heterocycles. The maximum Gasteiger partial charge on any atom is 0.236 e. The Hall–Kier alpha value is -2.43. The molecule has 1 aliphatic heterocycles. The molecule has 0 aliphatic carbocycles. The molecule has 9 heteroatoms. The van der Waals surface area contributed by atoms with Gasteiger partial charge < -0.3 is 19.8 Å². The number of anilines is 1. The fourth-order valence-corrected chi connectivity index (χ4v) is 3.27. The van der Waals surface area contributed by atoms with Crippen LogP contribution in [-0.2, 0) is 11.4 Å². The second kappa shape index (κ2) is 7.85. The monoisotopic (exact) mass is 394 g/mol. The minimum atomic E-state index is -0.295. The first-order valence-electron chi connectivity index (χ1n) is 8.00. The first-order chi connectivity index (χ1) is 12.5. The molecule has 2 aromatic rings. The summed E-state index contributed by atoms with van der Waals surface area (Å²) in [5, 5.41) is 10.2. The van der Waals surface area contributed by atoms with Crippen molar-refractivity contribution in [1.29, 1.82) is 5.26 Å². The molecule has 0 bridgehead atoms. The number of amides is 1. The topological polar surface area (TPSA) is 105 Å². The van der Waals surface area contributed by atoms with E-state index in [-0.39, 0.29) is 30.0 Å². The maximum absolute atomic E-state index is 11.3. The van der Waals surface area contributed by atoms with Crippen LogP contribution in [0.3, 0.4) is 0 Å². The second-order valence-corrected chi connectivity index (χ2v) is 6.74. The lowest BCUT2D eigenvalue weighted by atomic mass is 9.96. The van der Waals surface area contributed by atoms with Crippen LogP contribution < -0.4 is 15.4 Å². The molecule has 1 amide bonds. The van der Waals surface area contributed by atoms with Gasteiger partial charge in [-0.1, -0.05) is 23.2 Å². The molecule has 1 aromatic carbocycles. The van der Waals surface area contributed by atoms with Crippen LogP contribution in [0.15, 0.2) is 22.6 Å².